The highest BCUT2D eigenvalue weighted by Gasteiger charge is 2.02. The fraction of sp³-hybridized carbons (Fsp3) is 0.0833. The van der Waals surface area contributed by atoms with Crippen LogP contribution >= 0.6 is 0 Å². The van der Waals surface area contributed by atoms with Crippen LogP contribution in [0.1, 0.15) is 5.56 Å². The quantitative estimate of drug-likeness (QED) is 0.543. The van der Waals surface area contributed by atoms with Crippen LogP contribution in [0.3, 0.4) is 0 Å². The molecule has 0 atom stereocenters. The lowest BCUT2D eigenvalue weighted by molar-refractivity contribution is 1.43. The molecule has 0 unspecified atom stereocenters. The number of nitriles is 1. The normalized spacial score (nSPS) is 9.71. The van der Waals surface area contributed by atoms with E-state index in [0.717, 1.165) is 22.0 Å². The number of hydrogen-bond donors (Lipinski definition) is 1. The molecular formula is C12H10N2. The zero-order valence-corrected chi connectivity index (χ0v) is 7.91. The van der Waals surface area contributed by atoms with Gasteiger partial charge in [0.1, 0.15) is 0 Å². The summed E-state index contributed by atoms with van der Waals surface area (Å²) in [6, 6.07) is 12.1. The Morgan fingerprint density at radius 3 is 2.71 bits per heavy atom. The summed E-state index contributed by atoms with van der Waals surface area (Å²) in [6.07, 6.45) is 1.97. The molecule has 2 aromatic rings. The van der Waals surface area contributed by atoms with E-state index in [2.05, 4.69) is 11.4 Å². The largest absolute Gasteiger partial charge is 0.292 e. The van der Waals surface area contributed by atoms with Crippen molar-refractivity contribution in [2.75, 3.05) is 5.32 Å². The van der Waals surface area contributed by atoms with E-state index in [1.54, 1.807) is 0 Å². The maximum atomic E-state index is 8.64. The molecule has 0 aliphatic heterocycles. The average Bonchev–Trinajstić information content (AvgIpc) is 2.23. The van der Waals surface area contributed by atoms with Crippen molar-refractivity contribution in [3.8, 4) is 6.19 Å². The molecule has 0 heterocycles. The third-order valence-electron chi connectivity index (χ3n) is 2.32. The minimum Gasteiger partial charge on any atom is -0.292 e. The van der Waals surface area contributed by atoms with E-state index in [1.165, 1.54) is 0 Å². The maximum Gasteiger partial charge on any atom is 0.181 e. The van der Waals surface area contributed by atoms with Gasteiger partial charge in [0.25, 0.3) is 0 Å². The van der Waals surface area contributed by atoms with Crippen LogP contribution in [0.25, 0.3) is 10.8 Å². The Morgan fingerprint density at radius 1 is 1.14 bits per heavy atom. The minimum atomic E-state index is 0.908. The number of hydrogen-bond acceptors (Lipinski definition) is 2. The summed E-state index contributed by atoms with van der Waals surface area (Å²) in [5, 5.41) is 13.6. The zero-order valence-electron chi connectivity index (χ0n) is 7.91. The van der Waals surface area contributed by atoms with E-state index in [4.69, 9.17) is 5.26 Å². The molecule has 0 bridgehead atoms. The van der Waals surface area contributed by atoms with Gasteiger partial charge in [0.05, 0.1) is 5.69 Å². The molecule has 0 amide bonds. The number of rotatable bonds is 1. The number of benzene rings is 2. The number of aryl methyl sites for hydroxylation is 1. The van der Waals surface area contributed by atoms with E-state index in [9.17, 15) is 0 Å². The molecule has 0 fully saturated rings. The molecule has 2 aromatic carbocycles. The molecule has 14 heavy (non-hydrogen) atoms. The summed E-state index contributed by atoms with van der Waals surface area (Å²) in [7, 11) is 0. The summed E-state index contributed by atoms with van der Waals surface area (Å²) in [5.41, 5.74) is 2.00. The van der Waals surface area contributed by atoms with Crippen molar-refractivity contribution < 1.29 is 0 Å². The van der Waals surface area contributed by atoms with Gasteiger partial charge >= 0.3 is 0 Å². The molecule has 68 valence electrons. The second kappa shape index (κ2) is 3.39. The van der Waals surface area contributed by atoms with Gasteiger partial charge in [-0.3, -0.25) is 5.32 Å². The van der Waals surface area contributed by atoms with Crippen LogP contribution in [-0.2, 0) is 0 Å². The van der Waals surface area contributed by atoms with Crippen LogP contribution in [0.15, 0.2) is 36.4 Å². The summed E-state index contributed by atoms with van der Waals surface area (Å²) in [5.74, 6) is 0. The highest BCUT2D eigenvalue weighted by atomic mass is 14.9. The van der Waals surface area contributed by atoms with Crippen LogP contribution < -0.4 is 5.32 Å². The first-order valence-corrected chi connectivity index (χ1v) is 4.46. The first-order valence-electron chi connectivity index (χ1n) is 4.46. The molecule has 2 nitrogen and oxygen atoms in total. The molecule has 0 saturated carbocycles. The van der Waals surface area contributed by atoms with Crippen LogP contribution in [0.5, 0.6) is 0 Å². The summed E-state index contributed by atoms with van der Waals surface area (Å²) in [6.45, 7) is 1.99. The molecule has 0 radical (unpaired) electrons. The topological polar surface area (TPSA) is 35.8 Å². The molecule has 0 spiro atoms. The Morgan fingerprint density at radius 2 is 1.93 bits per heavy atom. The number of nitrogens with one attached hydrogen (secondary N) is 1. The maximum absolute atomic E-state index is 8.64. The molecule has 0 saturated heterocycles. The second-order valence-electron chi connectivity index (χ2n) is 3.22. The van der Waals surface area contributed by atoms with E-state index >= 15 is 0 Å². The Balaban J connectivity index is 2.77. The van der Waals surface area contributed by atoms with Gasteiger partial charge in [0, 0.05) is 5.39 Å². The average molecular weight is 182 g/mol. The van der Waals surface area contributed by atoms with Crippen molar-refractivity contribution in [2.45, 2.75) is 6.92 Å². The fourth-order valence-electron chi connectivity index (χ4n) is 1.60. The SMILES string of the molecule is Cc1ccc2ccccc2c1NC#N. The first-order chi connectivity index (χ1) is 6.83. The van der Waals surface area contributed by atoms with Crippen molar-refractivity contribution in [3.05, 3.63) is 42.0 Å². The van der Waals surface area contributed by atoms with Crippen LogP contribution in [-0.4, -0.2) is 0 Å². The van der Waals surface area contributed by atoms with Crippen molar-refractivity contribution in [2.24, 2.45) is 0 Å². The van der Waals surface area contributed by atoms with Gasteiger partial charge in [-0.2, -0.15) is 5.26 Å². The van der Waals surface area contributed by atoms with Crippen LogP contribution in [0.2, 0.25) is 0 Å². The van der Waals surface area contributed by atoms with E-state index in [-0.39, 0.29) is 0 Å². The fourth-order valence-corrected chi connectivity index (χ4v) is 1.60. The number of fused-ring (bicyclic) bond motifs is 1. The molecular weight excluding hydrogens is 172 g/mol. The van der Waals surface area contributed by atoms with Crippen molar-refractivity contribution in [1.29, 1.82) is 5.26 Å². The van der Waals surface area contributed by atoms with Gasteiger partial charge in [-0.25, -0.2) is 0 Å². The van der Waals surface area contributed by atoms with Gasteiger partial charge in [-0.1, -0.05) is 36.4 Å². The summed E-state index contributed by atoms with van der Waals surface area (Å²) >= 11 is 0. The van der Waals surface area contributed by atoms with E-state index < -0.39 is 0 Å². The van der Waals surface area contributed by atoms with Crippen molar-refractivity contribution in [3.63, 3.8) is 0 Å². The lowest BCUT2D eigenvalue weighted by atomic mass is 10.1. The predicted molar refractivity (Wildman–Crippen MR) is 57.9 cm³/mol. The lowest BCUT2D eigenvalue weighted by Gasteiger charge is -2.07. The Hall–Kier alpha value is -2.01. The predicted octanol–water partition coefficient (Wildman–Crippen LogP) is 3.04. The first kappa shape index (κ1) is 8.58. The lowest BCUT2D eigenvalue weighted by Crippen LogP contribution is -1.92. The van der Waals surface area contributed by atoms with Crippen LogP contribution in [0, 0.1) is 18.4 Å². The standard InChI is InChI=1S/C12H10N2/c1-9-6-7-10-4-2-3-5-11(10)12(9)14-8-13/h2-7,14H,1H3. The van der Waals surface area contributed by atoms with Gasteiger partial charge in [-0.05, 0) is 17.9 Å². The summed E-state index contributed by atoms with van der Waals surface area (Å²) in [4.78, 5) is 0. The van der Waals surface area contributed by atoms with Gasteiger partial charge < -0.3 is 0 Å². The number of nitrogens with zero attached hydrogens (tertiary/aromatic N) is 1. The van der Waals surface area contributed by atoms with Crippen molar-refractivity contribution in [1.82, 2.24) is 0 Å². The van der Waals surface area contributed by atoms with Gasteiger partial charge in [0.2, 0.25) is 0 Å². The van der Waals surface area contributed by atoms with Gasteiger partial charge in [0.15, 0.2) is 6.19 Å². The number of anilines is 1. The second-order valence-corrected chi connectivity index (χ2v) is 3.22. The minimum absolute atomic E-state index is 0.908. The highest BCUT2D eigenvalue weighted by molar-refractivity contribution is 5.95. The van der Waals surface area contributed by atoms with E-state index in [0.29, 0.717) is 0 Å². The zero-order chi connectivity index (χ0) is 9.97. The molecule has 0 aliphatic carbocycles. The molecule has 2 heteroatoms. The monoisotopic (exact) mass is 182 g/mol. The smallest absolute Gasteiger partial charge is 0.181 e. The Bertz CT molecular complexity index is 509. The Kier molecular flexibility index (Phi) is 2.08. The molecule has 0 aromatic heterocycles. The molecule has 0 aliphatic rings. The van der Waals surface area contributed by atoms with Gasteiger partial charge in [-0.15, -0.1) is 0 Å². The third kappa shape index (κ3) is 1.29. The Labute approximate surface area is 82.8 Å². The molecule has 1 N–H and O–H groups in total. The van der Waals surface area contributed by atoms with Crippen molar-refractivity contribution >= 4 is 16.5 Å². The van der Waals surface area contributed by atoms with E-state index in [1.807, 2.05) is 43.4 Å². The summed E-state index contributed by atoms with van der Waals surface area (Å²) < 4.78 is 0. The third-order valence-corrected chi connectivity index (χ3v) is 2.32. The molecule has 2 rings (SSSR count). The highest BCUT2D eigenvalue weighted by Crippen LogP contribution is 2.26. The van der Waals surface area contributed by atoms with Crippen LogP contribution in [0.4, 0.5) is 5.69 Å².